The van der Waals surface area contributed by atoms with Crippen LogP contribution in [0.2, 0.25) is 0 Å². The number of carbonyl (C=O) groups is 1. The lowest BCUT2D eigenvalue weighted by Crippen LogP contribution is -2.49. The lowest BCUT2D eigenvalue weighted by atomic mass is 9.98. The van der Waals surface area contributed by atoms with E-state index in [0.717, 1.165) is 30.3 Å². The fraction of sp³-hybridized carbons (Fsp3) is 0.882. The van der Waals surface area contributed by atoms with Crippen LogP contribution >= 0.6 is 0 Å². The van der Waals surface area contributed by atoms with E-state index in [9.17, 15) is 4.79 Å². The number of likely N-dealkylation sites (N-methyl/N-ethyl adjacent to an activating group) is 1. The number of hydrogen-bond donors (Lipinski definition) is 2. The Morgan fingerprint density at radius 3 is 2.18 bits per heavy atom. The lowest BCUT2D eigenvalue weighted by Gasteiger charge is -2.26. The second-order valence-electron chi connectivity index (χ2n) is 7.92. The van der Waals surface area contributed by atoms with Gasteiger partial charge >= 0.3 is 0 Å². The van der Waals surface area contributed by atoms with Crippen LogP contribution < -0.4 is 10.6 Å². The average Bonchev–Trinajstić information content (AvgIpc) is 3.24. The number of nitrogens with zero attached hydrogens (tertiary/aromatic N) is 2. The van der Waals surface area contributed by atoms with Gasteiger partial charge in [0.1, 0.15) is 0 Å². The predicted molar refractivity (Wildman–Crippen MR) is 90.8 cm³/mol. The molecule has 1 amide bonds. The highest BCUT2D eigenvalue weighted by atomic mass is 16.2. The Bertz CT molecular complexity index is 407. The van der Waals surface area contributed by atoms with Crippen LogP contribution in [0, 0.1) is 17.8 Å². The van der Waals surface area contributed by atoms with Crippen LogP contribution in [0.4, 0.5) is 0 Å². The summed E-state index contributed by atoms with van der Waals surface area (Å²) in [4.78, 5) is 18.2. The van der Waals surface area contributed by atoms with E-state index in [4.69, 9.17) is 0 Å². The molecule has 22 heavy (non-hydrogen) atoms. The summed E-state index contributed by atoms with van der Waals surface area (Å²) in [6, 6.07) is 0. The molecule has 0 saturated heterocycles. The standard InChI is InChI=1S/C17H32N4O/c1-17(2,3)20-15(22)11-21(5)16(18-4)19-10-14(12-6-7-12)13-8-9-13/h12-14H,6-11H2,1-5H3,(H,18,19)(H,20,22). The first kappa shape index (κ1) is 17.1. The highest BCUT2D eigenvalue weighted by molar-refractivity contribution is 5.86. The normalized spacial score (nSPS) is 19.3. The topological polar surface area (TPSA) is 56.7 Å². The van der Waals surface area contributed by atoms with Crippen molar-refractivity contribution in [1.29, 1.82) is 0 Å². The summed E-state index contributed by atoms with van der Waals surface area (Å²) >= 11 is 0. The number of guanidine groups is 1. The second-order valence-corrected chi connectivity index (χ2v) is 7.92. The molecule has 0 radical (unpaired) electrons. The lowest BCUT2D eigenvalue weighted by molar-refractivity contribution is -0.122. The molecule has 2 aliphatic carbocycles. The maximum atomic E-state index is 12.0. The van der Waals surface area contributed by atoms with Crippen molar-refractivity contribution in [3.63, 3.8) is 0 Å². The van der Waals surface area contributed by atoms with E-state index in [2.05, 4.69) is 15.6 Å². The number of nitrogens with one attached hydrogen (secondary N) is 2. The van der Waals surface area contributed by atoms with E-state index >= 15 is 0 Å². The molecule has 2 saturated carbocycles. The number of carbonyl (C=O) groups excluding carboxylic acids is 1. The molecule has 0 bridgehead atoms. The number of aliphatic imine (C=N–C) groups is 1. The van der Waals surface area contributed by atoms with Gasteiger partial charge in [0, 0.05) is 26.2 Å². The highest BCUT2D eigenvalue weighted by Gasteiger charge is 2.41. The van der Waals surface area contributed by atoms with Crippen LogP contribution in [-0.4, -0.2) is 49.5 Å². The Morgan fingerprint density at radius 1 is 1.23 bits per heavy atom. The molecule has 5 heteroatoms. The van der Waals surface area contributed by atoms with E-state index < -0.39 is 0 Å². The van der Waals surface area contributed by atoms with Crippen molar-refractivity contribution < 1.29 is 4.79 Å². The van der Waals surface area contributed by atoms with Crippen LogP contribution in [-0.2, 0) is 4.79 Å². The van der Waals surface area contributed by atoms with Crippen molar-refractivity contribution in [3.05, 3.63) is 0 Å². The zero-order chi connectivity index (χ0) is 16.3. The fourth-order valence-corrected chi connectivity index (χ4v) is 3.11. The van der Waals surface area contributed by atoms with Gasteiger partial charge in [-0.25, -0.2) is 0 Å². The van der Waals surface area contributed by atoms with Gasteiger partial charge in [-0.15, -0.1) is 0 Å². The van der Waals surface area contributed by atoms with Crippen LogP contribution in [0.15, 0.2) is 4.99 Å². The minimum Gasteiger partial charge on any atom is -0.356 e. The summed E-state index contributed by atoms with van der Waals surface area (Å²) in [5.74, 6) is 3.49. The molecule has 0 unspecified atom stereocenters. The Kier molecular flexibility index (Phi) is 5.35. The van der Waals surface area contributed by atoms with Gasteiger partial charge in [-0.05, 0) is 64.2 Å². The first-order chi connectivity index (χ1) is 10.3. The first-order valence-corrected chi connectivity index (χ1v) is 8.53. The van der Waals surface area contributed by atoms with Crippen molar-refractivity contribution in [2.75, 3.05) is 27.2 Å². The third kappa shape index (κ3) is 5.50. The van der Waals surface area contributed by atoms with Crippen molar-refractivity contribution in [3.8, 4) is 0 Å². The molecule has 0 aromatic rings. The zero-order valence-corrected chi connectivity index (χ0v) is 14.8. The summed E-state index contributed by atoms with van der Waals surface area (Å²) < 4.78 is 0. The Balaban J connectivity index is 1.78. The van der Waals surface area contributed by atoms with Gasteiger partial charge < -0.3 is 15.5 Å². The predicted octanol–water partition coefficient (Wildman–Crippen LogP) is 1.84. The van der Waals surface area contributed by atoms with Gasteiger partial charge in [-0.2, -0.15) is 0 Å². The summed E-state index contributed by atoms with van der Waals surface area (Å²) in [7, 11) is 3.70. The van der Waals surface area contributed by atoms with E-state index in [1.54, 1.807) is 7.05 Å². The van der Waals surface area contributed by atoms with E-state index in [-0.39, 0.29) is 11.4 Å². The number of amides is 1. The molecule has 0 aromatic carbocycles. The third-order valence-electron chi connectivity index (χ3n) is 4.42. The smallest absolute Gasteiger partial charge is 0.240 e. The van der Waals surface area contributed by atoms with Crippen LogP contribution in [0.1, 0.15) is 46.5 Å². The van der Waals surface area contributed by atoms with Gasteiger partial charge in [-0.3, -0.25) is 9.79 Å². The SMILES string of the molecule is CN=C(NCC(C1CC1)C1CC1)N(C)CC(=O)NC(C)(C)C. The molecule has 2 fully saturated rings. The van der Waals surface area contributed by atoms with E-state index in [0.29, 0.717) is 6.54 Å². The number of hydrogen-bond acceptors (Lipinski definition) is 2. The minimum atomic E-state index is -0.197. The fourth-order valence-electron chi connectivity index (χ4n) is 3.11. The first-order valence-electron chi connectivity index (χ1n) is 8.53. The van der Waals surface area contributed by atoms with Gasteiger partial charge in [0.2, 0.25) is 5.91 Å². The maximum absolute atomic E-state index is 12.0. The Labute approximate surface area is 134 Å². The van der Waals surface area contributed by atoms with E-state index in [1.807, 2.05) is 32.7 Å². The van der Waals surface area contributed by atoms with Gasteiger partial charge in [0.05, 0.1) is 6.54 Å². The van der Waals surface area contributed by atoms with Crippen LogP contribution in [0.25, 0.3) is 0 Å². The maximum Gasteiger partial charge on any atom is 0.240 e. The average molecular weight is 308 g/mol. The van der Waals surface area contributed by atoms with Gasteiger partial charge in [0.15, 0.2) is 5.96 Å². The van der Waals surface area contributed by atoms with Gasteiger partial charge in [-0.1, -0.05) is 0 Å². The van der Waals surface area contributed by atoms with Gasteiger partial charge in [0.25, 0.3) is 0 Å². The summed E-state index contributed by atoms with van der Waals surface area (Å²) in [6.07, 6.45) is 5.58. The summed E-state index contributed by atoms with van der Waals surface area (Å²) in [5.41, 5.74) is -0.197. The van der Waals surface area contributed by atoms with E-state index in [1.165, 1.54) is 25.7 Å². The van der Waals surface area contributed by atoms with Crippen molar-refractivity contribution in [1.82, 2.24) is 15.5 Å². The quantitative estimate of drug-likeness (QED) is 0.581. The monoisotopic (exact) mass is 308 g/mol. The minimum absolute atomic E-state index is 0.0267. The molecule has 0 aliphatic heterocycles. The van der Waals surface area contributed by atoms with Crippen molar-refractivity contribution in [2.45, 2.75) is 52.0 Å². The second kappa shape index (κ2) is 6.88. The molecular formula is C17H32N4O. The summed E-state index contributed by atoms with van der Waals surface area (Å²) in [6.45, 7) is 7.30. The van der Waals surface area contributed by atoms with Crippen LogP contribution in [0.3, 0.4) is 0 Å². The molecule has 0 spiro atoms. The van der Waals surface area contributed by atoms with Crippen LogP contribution in [0.5, 0.6) is 0 Å². The zero-order valence-electron chi connectivity index (χ0n) is 14.8. The molecule has 2 N–H and O–H groups in total. The highest BCUT2D eigenvalue weighted by Crippen LogP contribution is 2.48. The molecular weight excluding hydrogens is 276 g/mol. The Morgan fingerprint density at radius 2 is 1.77 bits per heavy atom. The number of rotatable bonds is 6. The molecule has 2 aliphatic rings. The molecule has 5 nitrogen and oxygen atoms in total. The molecule has 2 rings (SSSR count). The van der Waals surface area contributed by atoms with Crippen molar-refractivity contribution in [2.24, 2.45) is 22.7 Å². The Hall–Kier alpha value is -1.26. The molecule has 0 aromatic heterocycles. The molecule has 0 heterocycles. The molecule has 0 atom stereocenters. The third-order valence-corrected chi connectivity index (χ3v) is 4.42. The molecule has 126 valence electrons. The van der Waals surface area contributed by atoms with Crippen molar-refractivity contribution >= 4 is 11.9 Å². The summed E-state index contributed by atoms with van der Waals surface area (Å²) in [5, 5.41) is 6.46. The largest absolute Gasteiger partial charge is 0.356 e.